The molecule has 1 amide bonds. The summed E-state index contributed by atoms with van der Waals surface area (Å²) < 4.78 is 5.35. The van der Waals surface area contributed by atoms with E-state index < -0.39 is 0 Å². The molecule has 3 heterocycles. The van der Waals surface area contributed by atoms with Crippen molar-refractivity contribution in [1.29, 1.82) is 0 Å². The fraction of sp³-hybridized carbons (Fsp3) is 0.562. The molecule has 130 valence electrons. The van der Waals surface area contributed by atoms with Crippen LogP contribution in [0.15, 0.2) is 21.3 Å². The molecule has 1 N–H and O–H groups in total. The lowest BCUT2D eigenvalue weighted by molar-refractivity contribution is -0.123. The summed E-state index contributed by atoms with van der Waals surface area (Å²) in [4.78, 5) is 20.7. The van der Waals surface area contributed by atoms with E-state index in [1.807, 2.05) is 30.7 Å². The van der Waals surface area contributed by atoms with E-state index in [1.54, 1.807) is 11.3 Å². The predicted octanol–water partition coefficient (Wildman–Crippen LogP) is 1.44. The molecule has 0 unspecified atom stereocenters. The van der Waals surface area contributed by atoms with Crippen LogP contribution in [0.3, 0.4) is 0 Å². The fourth-order valence-corrected chi connectivity index (χ4v) is 3.33. The van der Waals surface area contributed by atoms with Crippen molar-refractivity contribution in [2.45, 2.75) is 26.4 Å². The lowest BCUT2D eigenvalue weighted by atomic mass is 10.3. The summed E-state index contributed by atoms with van der Waals surface area (Å²) >= 11 is 1.62. The second-order valence-electron chi connectivity index (χ2n) is 6.30. The predicted molar refractivity (Wildman–Crippen MR) is 92.6 cm³/mol. The average Bonchev–Trinajstić information content (AvgIpc) is 3.19. The number of hydrogen-bond donors (Lipinski definition) is 1. The second-order valence-corrected chi connectivity index (χ2v) is 7.08. The molecule has 2 aromatic rings. The molecule has 0 aliphatic carbocycles. The quantitative estimate of drug-likeness (QED) is 0.851. The van der Waals surface area contributed by atoms with Crippen LogP contribution >= 0.6 is 11.3 Å². The summed E-state index contributed by atoms with van der Waals surface area (Å²) in [6, 6.07) is 2.18. The molecule has 1 aliphatic rings. The Hall–Kier alpha value is -1.77. The Bertz CT molecular complexity index is 647. The number of nitrogens with one attached hydrogen (secondary N) is 1. The van der Waals surface area contributed by atoms with Gasteiger partial charge in [-0.1, -0.05) is 5.16 Å². The molecule has 0 atom stereocenters. The minimum atomic E-state index is 0.0933. The van der Waals surface area contributed by atoms with Gasteiger partial charge in [-0.15, -0.1) is 0 Å². The number of rotatable bonds is 6. The number of hydrogen-bond acceptors (Lipinski definition) is 7. The van der Waals surface area contributed by atoms with Crippen LogP contribution in [0.1, 0.15) is 19.7 Å². The number of carbonyl (C=O) groups excluding carboxylic acids is 1. The van der Waals surface area contributed by atoms with E-state index in [-0.39, 0.29) is 11.9 Å². The zero-order chi connectivity index (χ0) is 16.9. The zero-order valence-corrected chi connectivity index (χ0v) is 14.9. The van der Waals surface area contributed by atoms with Crippen LogP contribution in [0.4, 0.5) is 0 Å². The first-order valence-corrected chi connectivity index (χ1v) is 9.13. The molecule has 3 rings (SSSR count). The third kappa shape index (κ3) is 4.62. The van der Waals surface area contributed by atoms with Gasteiger partial charge in [-0.25, -0.2) is 0 Å². The molecule has 0 saturated carbocycles. The number of amides is 1. The summed E-state index contributed by atoms with van der Waals surface area (Å²) in [5, 5.41) is 11.0. The van der Waals surface area contributed by atoms with Gasteiger partial charge >= 0.3 is 0 Å². The van der Waals surface area contributed by atoms with E-state index in [4.69, 9.17) is 4.52 Å². The van der Waals surface area contributed by atoms with Crippen LogP contribution < -0.4 is 5.32 Å². The highest BCUT2D eigenvalue weighted by Crippen LogP contribution is 2.19. The molecule has 8 heteroatoms. The van der Waals surface area contributed by atoms with Crippen molar-refractivity contribution in [2.24, 2.45) is 0 Å². The summed E-state index contributed by atoms with van der Waals surface area (Å²) in [7, 11) is 0. The lowest BCUT2D eigenvalue weighted by Crippen LogP contribution is -2.49. The summed E-state index contributed by atoms with van der Waals surface area (Å²) in [5.41, 5.74) is 0.996. The lowest BCUT2D eigenvalue weighted by Gasteiger charge is -2.33. The molecule has 1 saturated heterocycles. The van der Waals surface area contributed by atoms with Crippen molar-refractivity contribution in [3.8, 4) is 11.4 Å². The van der Waals surface area contributed by atoms with Gasteiger partial charge in [-0.05, 0) is 25.3 Å². The number of thiophene rings is 1. The van der Waals surface area contributed by atoms with Crippen molar-refractivity contribution < 1.29 is 9.32 Å². The van der Waals surface area contributed by atoms with Gasteiger partial charge in [-0.3, -0.25) is 14.6 Å². The largest absolute Gasteiger partial charge is 0.353 e. The van der Waals surface area contributed by atoms with Crippen LogP contribution in [0, 0.1) is 0 Å². The highest BCUT2D eigenvalue weighted by molar-refractivity contribution is 7.08. The molecule has 7 nitrogen and oxygen atoms in total. The molecule has 24 heavy (non-hydrogen) atoms. The van der Waals surface area contributed by atoms with Gasteiger partial charge in [0.25, 0.3) is 0 Å². The molecule has 2 aromatic heterocycles. The topological polar surface area (TPSA) is 74.5 Å². The minimum Gasteiger partial charge on any atom is -0.353 e. The van der Waals surface area contributed by atoms with E-state index in [2.05, 4.69) is 25.3 Å². The van der Waals surface area contributed by atoms with E-state index in [0.29, 0.717) is 24.8 Å². The van der Waals surface area contributed by atoms with Crippen LogP contribution in [-0.2, 0) is 11.3 Å². The van der Waals surface area contributed by atoms with Gasteiger partial charge in [0, 0.05) is 43.2 Å². The Kier molecular flexibility index (Phi) is 5.60. The number of nitrogens with zero attached hydrogens (tertiary/aromatic N) is 4. The molecule has 0 bridgehead atoms. The van der Waals surface area contributed by atoms with E-state index >= 15 is 0 Å². The van der Waals surface area contributed by atoms with Crippen molar-refractivity contribution in [2.75, 3.05) is 32.7 Å². The maximum atomic E-state index is 11.8. The Balaban J connectivity index is 1.45. The second kappa shape index (κ2) is 7.87. The smallest absolute Gasteiger partial charge is 0.241 e. The summed E-state index contributed by atoms with van der Waals surface area (Å²) in [6.07, 6.45) is 0. The van der Waals surface area contributed by atoms with Gasteiger partial charge in [0.15, 0.2) is 0 Å². The third-order valence-corrected chi connectivity index (χ3v) is 4.57. The Morgan fingerprint density at radius 2 is 2.08 bits per heavy atom. The first kappa shape index (κ1) is 17.1. The van der Waals surface area contributed by atoms with Crippen molar-refractivity contribution in [3.63, 3.8) is 0 Å². The van der Waals surface area contributed by atoms with Gasteiger partial charge in [0.05, 0.1) is 13.1 Å². The van der Waals surface area contributed by atoms with Crippen LogP contribution in [0.5, 0.6) is 0 Å². The third-order valence-electron chi connectivity index (χ3n) is 3.89. The first-order chi connectivity index (χ1) is 11.6. The van der Waals surface area contributed by atoms with Gasteiger partial charge in [0.1, 0.15) is 0 Å². The normalized spacial score (nSPS) is 16.6. The highest BCUT2D eigenvalue weighted by atomic mass is 32.1. The Labute approximate surface area is 145 Å². The fourth-order valence-electron chi connectivity index (χ4n) is 2.70. The highest BCUT2D eigenvalue weighted by Gasteiger charge is 2.21. The van der Waals surface area contributed by atoms with Crippen molar-refractivity contribution >= 4 is 17.2 Å². The molecule has 0 spiro atoms. The van der Waals surface area contributed by atoms with Crippen LogP contribution in [-0.4, -0.2) is 64.6 Å². The molecule has 1 fully saturated rings. The van der Waals surface area contributed by atoms with Crippen molar-refractivity contribution in [3.05, 3.63) is 22.7 Å². The SMILES string of the molecule is CC(C)NC(=O)CN1CCN(Cc2nc(-c3ccsc3)no2)CC1. The van der Waals surface area contributed by atoms with Gasteiger partial charge in [0.2, 0.25) is 17.6 Å². The molecular formula is C16H23N5O2S. The monoisotopic (exact) mass is 349 g/mol. The molecule has 0 radical (unpaired) electrons. The average molecular weight is 349 g/mol. The Morgan fingerprint density at radius 1 is 1.33 bits per heavy atom. The maximum Gasteiger partial charge on any atom is 0.241 e. The van der Waals surface area contributed by atoms with Crippen LogP contribution in [0.2, 0.25) is 0 Å². The van der Waals surface area contributed by atoms with Gasteiger partial charge < -0.3 is 9.84 Å². The van der Waals surface area contributed by atoms with E-state index in [1.165, 1.54) is 0 Å². The molecule has 1 aliphatic heterocycles. The number of piperazine rings is 1. The van der Waals surface area contributed by atoms with Crippen LogP contribution in [0.25, 0.3) is 11.4 Å². The molecular weight excluding hydrogens is 326 g/mol. The maximum absolute atomic E-state index is 11.8. The zero-order valence-electron chi connectivity index (χ0n) is 14.1. The van der Waals surface area contributed by atoms with Crippen molar-refractivity contribution in [1.82, 2.24) is 25.3 Å². The molecule has 0 aromatic carbocycles. The number of carbonyl (C=O) groups is 1. The van der Waals surface area contributed by atoms with E-state index in [9.17, 15) is 4.79 Å². The van der Waals surface area contributed by atoms with Gasteiger partial charge in [-0.2, -0.15) is 16.3 Å². The summed E-state index contributed by atoms with van der Waals surface area (Å²) in [6.45, 7) is 8.61. The summed E-state index contributed by atoms with van der Waals surface area (Å²) in [5.74, 6) is 1.38. The van der Waals surface area contributed by atoms with E-state index in [0.717, 1.165) is 31.7 Å². The first-order valence-electron chi connectivity index (χ1n) is 8.19. The minimum absolute atomic E-state index is 0.0933. The standard InChI is InChI=1S/C16H23N5O2S/c1-12(2)17-14(22)9-20-4-6-21(7-5-20)10-15-18-16(19-23-15)13-3-8-24-11-13/h3,8,11-12H,4-7,9-10H2,1-2H3,(H,17,22). The number of aromatic nitrogens is 2. The Morgan fingerprint density at radius 3 is 2.75 bits per heavy atom.